The lowest BCUT2D eigenvalue weighted by Crippen LogP contribution is -2.23. The van der Waals surface area contributed by atoms with Gasteiger partial charge in [0, 0.05) is 25.8 Å². The van der Waals surface area contributed by atoms with E-state index in [1.54, 1.807) is 17.1 Å². The predicted octanol–water partition coefficient (Wildman–Crippen LogP) is 1.79. The number of rotatable bonds is 4. The molecular weight excluding hydrogens is 276 g/mol. The minimum Gasteiger partial charge on any atom is -0.347 e. The number of carbonyl (C=O) groups excluding carboxylic acids is 1. The monoisotopic (exact) mass is 294 g/mol. The van der Waals surface area contributed by atoms with Crippen LogP contribution in [-0.2, 0) is 13.6 Å². The molecule has 1 amide bonds. The smallest absolute Gasteiger partial charge is 0.271 e. The molecule has 1 atom stereocenters. The van der Waals surface area contributed by atoms with Crippen molar-refractivity contribution in [3.05, 3.63) is 53.6 Å². The number of hydrogen-bond donors (Lipinski definition) is 2. The summed E-state index contributed by atoms with van der Waals surface area (Å²) in [7, 11) is 1.83. The molecule has 0 saturated carbocycles. The summed E-state index contributed by atoms with van der Waals surface area (Å²) in [6.45, 7) is 2.42. The summed E-state index contributed by atoms with van der Waals surface area (Å²) >= 11 is 0. The summed E-state index contributed by atoms with van der Waals surface area (Å²) in [5, 5.41) is 2.83. The lowest BCUT2D eigenvalue weighted by molar-refractivity contribution is 0.0946. The molecular formula is C14H19ClN4O. The number of carbonyl (C=O) groups is 1. The van der Waals surface area contributed by atoms with Crippen LogP contribution in [0.1, 0.15) is 34.6 Å². The molecule has 6 heteroatoms. The van der Waals surface area contributed by atoms with Gasteiger partial charge in [0.15, 0.2) is 0 Å². The van der Waals surface area contributed by atoms with Crippen molar-refractivity contribution in [3.8, 4) is 0 Å². The molecule has 2 rings (SSSR count). The standard InChI is InChI=1S/C14H18N4O.ClH/c1-10(15)12-5-3-11(4-6-12)7-16-14(19)13-8-18(2)9-17-13;/h3-6,8-10H,7,15H2,1-2H3,(H,16,19);1H. The second-order valence-corrected chi connectivity index (χ2v) is 4.64. The Kier molecular flexibility index (Phi) is 5.73. The topological polar surface area (TPSA) is 72.9 Å². The summed E-state index contributed by atoms with van der Waals surface area (Å²) in [4.78, 5) is 15.8. The Bertz CT molecular complexity index is 563. The van der Waals surface area contributed by atoms with Gasteiger partial charge in [-0.05, 0) is 18.1 Å². The van der Waals surface area contributed by atoms with Crippen LogP contribution in [0, 0.1) is 0 Å². The Hall–Kier alpha value is -1.85. The molecule has 108 valence electrons. The Morgan fingerprint density at radius 2 is 2.05 bits per heavy atom. The summed E-state index contributed by atoms with van der Waals surface area (Å²) < 4.78 is 1.74. The highest BCUT2D eigenvalue weighted by molar-refractivity contribution is 5.91. The van der Waals surface area contributed by atoms with Crippen molar-refractivity contribution in [3.63, 3.8) is 0 Å². The minimum atomic E-state index is -0.170. The summed E-state index contributed by atoms with van der Waals surface area (Å²) in [5.41, 5.74) is 8.33. The van der Waals surface area contributed by atoms with Crippen LogP contribution in [-0.4, -0.2) is 15.5 Å². The first-order chi connectivity index (χ1) is 9.06. The third-order valence-electron chi connectivity index (χ3n) is 2.90. The van der Waals surface area contributed by atoms with Gasteiger partial charge >= 0.3 is 0 Å². The van der Waals surface area contributed by atoms with Crippen LogP contribution in [0.5, 0.6) is 0 Å². The maximum atomic E-state index is 11.8. The molecule has 0 aliphatic rings. The van der Waals surface area contributed by atoms with Gasteiger partial charge in [0.2, 0.25) is 0 Å². The molecule has 20 heavy (non-hydrogen) atoms. The van der Waals surface area contributed by atoms with Gasteiger partial charge < -0.3 is 15.6 Å². The van der Waals surface area contributed by atoms with Gasteiger partial charge in [-0.15, -0.1) is 12.4 Å². The van der Waals surface area contributed by atoms with Crippen LogP contribution in [0.15, 0.2) is 36.8 Å². The fraction of sp³-hybridized carbons (Fsp3) is 0.286. The number of amides is 1. The Morgan fingerprint density at radius 1 is 1.40 bits per heavy atom. The van der Waals surface area contributed by atoms with E-state index in [1.807, 2.05) is 38.2 Å². The first-order valence-electron chi connectivity index (χ1n) is 6.17. The van der Waals surface area contributed by atoms with Crippen molar-refractivity contribution < 1.29 is 4.79 Å². The van der Waals surface area contributed by atoms with Crippen LogP contribution < -0.4 is 11.1 Å². The summed E-state index contributed by atoms with van der Waals surface area (Å²) in [6, 6.07) is 7.92. The average Bonchev–Trinajstić information content (AvgIpc) is 2.83. The van der Waals surface area contributed by atoms with Crippen molar-refractivity contribution in [2.45, 2.75) is 19.5 Å². The number of aromatic nitrogens is 2. The Labute approximate surface area is 124 Å². The van der Waals surface area contributed by atoms with E-state index >= 15 is 0 Å². The van der Waals surface area contributed by atoms with E-state index in [0.717, 1.165) is 11.1 Å². The van der Waals surface area contributed by atoms with Crippen molar-refractivity contribution in [2.24, 2.45) is 12.8 Å². The first-order valence-corrected chi connectivity index (χ1v) is 6.17. The highest BCUT2D eigenvalue weighted by atomic mass is 35.5. The van der Waals surface area contributed by atoms with E-state index in [9.17, 15) is 4.79 Å². The number of halogens is 1. The maximum absolute atomic E-state index is 11.8. The minimum absolute atomic E-state index is 0. The Balaban J connectivity index is 0.00000200. The molecule has 0 saturated heterocycles. The number of benzene rings is 1. The summed E-state index contributed by atoms with van der Waals surface area (Å²) in [5.74, 6) is -0.170. The normalized spacial score (nSPS) is 11.6. The van der Waals surface area contributed by atoms with E-state index < -0.39 is 0 Å². The quantitative estimate of drug-likeness (QED) is 0.903. The van der Waals surface area contributed by atoms with E-state index in [0.29, 0.717) is 12.2 Å². The fourth-order valence-corrected chi connectivity index (χ4v) is 1.74. The SMILES string of the molecule is CC(N)c1ccc(CNC(=O)c2cn(C)cn2)cc1.Cl. The molecule has 1 unspecified atom stereocenters. The molecule has 0 spiro atoms. The third-order valence-corrected chi connectivity index (χ3v) is 2.90. The van der Waals surface area contributed by atoms with Gasteiger partial charge in [-0.25, -0.2) is 4.98 Å². The predicted molar refractivity (Wildman–Crippen MR) is 80.7 cm³/mol. The van der Waals surface area contributed by atoms with Gasteiger partial charge in [-0.1, -0.05) is 24.3 Å². The molecule has 0 bridgehead atoms. The second kappa shape index (κ2) is 7.07. The van der Waals surface area contributed by atoms with Gasteiger partial charge in [-0.2, -0.15) is 0 Å². The van der Waals surface area contributed by atoms with Crippen LogP contribution in [0.4, 0.5) is 0 Å². The average molecular weight is 295 g/mol. The van der Waals surface area contributed by atoms with E-state index in [-0.39, 0.29) is 24.4 Å². The van der Waals surface area contributed by atoms with Gasteiger partial charge in [0.25, 0.3) is 5.91 Å². The maximum Gasteiger partial charge on any atom is 0.271 e. The lowest BCUT2D eigenvalue weighted by Gasteiger charge is -2.07. The van der Waals surface area contributed by atoms with Crippen molar-refractivity contribution in [1.29, 1.82) is 0 Å². The number of nitrogens with zero attached hydrogens (tertiary/aromatic N) is 2. The van der Waals surface area contributed by atoms with E-state index in [1.165, 1.54) is 0 Å². The molecule has 1 aromatic heterocycles. The first kappa shape index (κ1) is 16.2. The molecule has 5 nitrogen and oxygen atoms in total. The van der Waals surface area contributed by atoms with Gasteiger partial charge in [-0.3, -0.25) is 4.79 Å². The van der Waals surface area contributed by atoms with E-state index in [2.05, 4.69) is 10.3 Å². The van der Waals surface area contributed by atoms with Crippen molar-refractivity contribution in [1.82, 2.24) is 14.9 Å². The second-order valence-electron chi connectivity index (χ2n) is 4.64. The highest BCUT2D eigenvalue weighted by Gasteiger charge is 2.08. The largest absolute Gasteiger partial charge is 0.347 e. The molecule has 3 N–H and O–H groups in total. The molecule has 0 radical (unpaired) electrons. The van der Waals surface area contributed by atoms with Gasteiger partial charge in [0.1, 0.15) is 5.69 Å². The highest BCUT2D eigenvalue weighted by Crippen LogP contribution is 2.10. The molecule has 0 aliphatic carbocycles. The Morgan fingerprint density at radius 3 is 2.55 bits per heavy atom. The van der Waals surface area contributed by atoms with Crippen LogP contribution in [0.2, 0.25) is 0 Å². The van der Waals surface area contributed by atoms with Gasteiger partial charge in [0.05, 0.1) is 6.33 Å². The molecule has 0 fully saturated rings. The number of hydrogen-bond acceptors (Lipinski definition) is 3. The van der Waals surface area contributed by atoms with E-state index in [4.69, 9.17) is 5.73 Å². The number of imidazole rings is 1. The zero-order chi connectivity index (χ0) is 13.8. The molecule has 2 aromatic rings. The number of aryl methyl sites for hydroxylation is 1. The van der Waals surface area contributed by atoms with Crippen LogP contribution in [0.25, 0.3) is 0 Å². The molecule has 1 aromatic carbocycles. The zero-order valence-electron chi connectivity index (χ0n) is 11.5. The number of nitrogens with two attached hydrogens (primary N) is 1. The van der Waals surface area contributed by atoms with Crippen LogP contribution in [0.3, 0.4) is 0 Å². The zero-order valence-corrected chi connectivity index (χ0v) is 12.4. The van der Waals surface area contributed by atoms with Crippen LogP contribution >= 0.6 is 12.4 Å². The van der Waals surface area contributed by atoms with Crippen molar-refractivity contribution >= 4 is 18.3 Å². The lowest BCUT2D eigenvalue weighted by atomic mass is 10.1. The molecule has 0 aliphatic heterocycles. The number of nitrogens with one attached hydrogen (secondary N) is 1. The molecule has 1 heterocycles. The third kappa shape index (κ3) is 4.08. The summed E-state index contributed by atoms with van der Waals surface area (Å²) in [6.07, 6.45) is 3.29. The van der Waals surface area contributed by atoms with Crippen molar-refractivity contribution in [2.75, 3.05) is 0 Å². The fourth-order valence-electron chi connectivity index (χ4n) is 1.74.